The van der Waals surface area contributed by atoms with Crippen LogP contribution in [-0.4, -0.2) is 70.1 Å². The number of phenols is 1. The Kier molecular flexibility index (Phi) is 6.21. The number of urea groups is 1. The largest absolute Gasteiger partial charge is 0.508 e. The van der Waals surface area contributed by atoms with Gasteiger partial charge in [-0.2, -0.15) is 0 Å². The maximum atomic E-state index is 14.0. The Hall–Kier alpha value is -3.06. The minimum atomic E-state index is -0.775. The number of ether oxygens (including phenoxy) is 1. The van der Waals surface area contributed by atoms with Crippen molar-refractivity contribution in [3.8, 4) is 11.5 Å². The van der Waals surface area contributed by atoms with Crippen molar-refractivity contribution >= 4 is 11.9 Å². The number of hydrogen-bond acceptors (Lipinski definition) is 5. The van der Waals surface area contributed by atoms with Crippen molar-refractivity contribution in [3.63, 3.8) is 0 Å². The van der Waals surface area contributed by atoms with Crippen LogP contribution in [0.25, 0.3) is 0 Å². The predicted octanol–water partition coefficient (Wildman–Crippen LogP) is 3.82. The molecule has 1 aliphatic carbocycles. The van der Waals surface area contributed by atoms with Gasteiger partial charge in [-0.05, 0) is 60.9 Å². The van der Waals surface area contributed by atoms with Gasteiger partial charge in [-0.3, -0.25) is 14.6 Å². The van der Waals surface area contributed by atoms with E-state index in [1.54, 1.807) is 24.1 Å². The molecule has 2 saturated heterocycles. The first-order valence-electron chi connectivity index (χ1n) is 12.6. The molecule has 0 atom stereocenters. The molecule has 2 aliphatic heterocycles. The minimum absolute atomic E-state index is 0.0233. The molecule has 35 heavy (non-hydrogen) atoms. The van der Waals surface area contributed by atoms with Gasteiger partial charge >= 0.3 is 6.03 Å². The summed E-state index contributed by atoms with van der Waals surface area (Å²) in [6, 6.07) is 13.3. The molecule has 2 aromatic rings. The molecule has 0 bridgehead atoms. The number of hydrogen-bond donors (Lipinski definition) is 1. The van der Waals surface area contributed by atoms with Crippen molar-refractivity contribution in [1.29, 1.82) is 0 Å². The van der Waals surface area contributed by atoms with E-state index in [-0.39, 0.29) is 29.6 Å². The number of imide groups is 1. The highest BCUT2D eigenvalue weighted by molar-refractivity contribution is 6.07. The molecule has 5 rings (SSSR count). The molecule has 3 aliphatic rings. The van der Waals surface area contributed by atoms with Crippen LogP contribution < -0.4 is 4.74 Å². The number of amides is 3. The summed E-state index contributed by atoms with van der Waals surface area (Å²) in [5.41, 5.74) is 2.51. The molecule has 0 saturated carbocycles. The lowest BCUT2D eigenvalue weighted by molar-refractivity contribution is -0.137. The van der Waals surface area contributed by atoms with E-state index in [0.717, 1.165) is 18.4 Å². The number of nitrogens with zero attached hydrogens (tertiary/aromatic N) is 3. The van der Waals surface area contributed by atoms with E-state index in [1.165, 1.54) is 11.1 Å². The van der Waals surface area contributed by atoms with E-state index in [2.05, 4.69) is 30.9 Å². The monoisotopic (exact) mass is 477 g/mol. The van der Waals surface area contributed by atoms with Crippen molar-refractivity contribution in [2.24, 2.45) is 5.92 Å². The van der Waals surface area contributed by atoms with Crippen LogP contribution in [0.5, 0.6) is 11.5 Å². The van der Waals surface area contributed by atoms with Crippen LogP contribution >= 0.6 is 0 Å². The van der Waals surface area contributed by atoms with E-state index in [0.29, 0.717) is 44.8 Å². The lowest BCUT2D eigenvalue weighted by Gasteiger charge is -2.42. The summed E-state index contributed by atoms with van der Waals surface area (Å²) < 4.78 is 5.31. The molecule has 0 aromatic heterocycles. The number of carbonyl (C=O) groups excluding carboxylic acids is 2. The van der Waals surface area contributed by atoms with Crippen molar-refractivity contribution in [2.45, 2.75) is 57.7 Å². The van der Waals surface area contributed by atoms with Gasteiger partial charge in [-0.1, -0.05) is 38.1 Å². The molecule has 7 nitrogen and oxygen atoms in total. The second-order valence-corrected chi connectivity index (χ2v) is 10.6. The average Bonchev–Trinajstić information content (AvgIpc) is 3.35. The van der Waals surface area contributed by atoms with Gasteiger partial charge in [0, 0.05) is 37.8 Å². The zero-order valence-electron chi connectivity index (χ0n) is 20.9. The number of benzene rings is 2. The van der Waals surface area contributed by atoms with E-state index in [1.807, 2.05) is 23.1 Å². The van der Waals surface area contributed by atoms with Crippen LogP contribution in [0.4, 0.5) is 4.79 Å². The molecule has 2 fully saturated rings. The van der Waals surface area contributed by atoms with Gasteiger partial charge in [0.05, 0.1) is 7.11 Å². The Morgan fingerprint density at radius 3 is 2.31 bits per heavy atom. The van der Waals surface area contributed by atoms with E-state index >= 15 is 0 Å². The summed E-state index contributed by atoms with van der Waals surface area (Å²) in [6.07, 6.45) is 2.68. The Balaban J connectivity index is 1.35. The number of phenolic OH excluding ortho intramolecular Hbond substituents is 1. The molecule has 1 N–H and O–H groups in total. The van der Waals surface area contributed by atoms with Crippen molar-refractivity contribution in [2.75, 3.05) is 26.7 Å². The molecular formula is C28H35N3O4. The molecular weight excluding hydrogens is 442 g/mol. The van der Waals surface area contributed by atoms with Crippen LogP contribution in [0.3, 0.4) is 0 Å². The molecule has 7 heteroatoms. The normalized spacial score (nSPS) is 20.3. The van der Waals surface area contributed by atoms with Crippen LogP contribution in [-0.2, 0) is 24.2 Å². The quantitative estimate of drug-likeness (QED) is 0.641. The van der Waals surface area contributed by atoms with Gasteiger partial charge in [0.1, 0.15) is 17.0 Å². The standard InChI is InChI=1S/C28H35N3O4/c1-19(2)17-30-27(34)31(23-14-20-6-4-5-7-21(20)15-23)26(33)28(30)10-12-29(13-11-28)18-22-16-24(35-3)8-9-25(22)32/h4-9,16,19,23,32H,10-15,17-18H2,1-3H3. The van der Waals surface area contributed by atoms with E-state index in [4.69, 9.17) is 4.74 Å². The number of carbonyl (C=O) groups is 2. The molecule has 186 valence electrons. The summed E-state index contributed by atoms with van der Waals surface area (Å²) in [5.74, 6) is 1.20. The maximum Gasteiger partial charge on any atom is 0.327 e. The summed E-state index contributed by atoms with van der Waals surface area (Å²) in [7, 11) is 1.61. The number of methoxy groups -OCH3 is 1. The summed E-state index contributed by atoms with van der Waals surface area (Å²) in [6.45, 7) is 6.72. The zero-order valence-corrected chi connectivity index (χ0v) is 20.9. The van der Waals surface area contributed by atoms with Gasteiger partial charge in [0.25, 0.3) is 5.91 Å². The Morgan fingerprint density at radius 2 is 1.71 bits per heavy atom. The second kappa shape index (κ2) is 9.19. The van der Waals surface area contributed by atoms with Crippen LogP contribution in [0.1, 0.15) is 43.4 Å². The molecule has 1 spiro atoms. The van der Waals surface area contributed by atoms with Gasteiger partial charge in [-0.25, -0.2) is 4.79 Å². The number of rotatable bonds is 6. The van der Waals surface area contributed by atoms with Gasteiger partial charge in [0.2, 0.25) is 0 Å². The molecule has 0 unspecified atom stereocenters. The molecule has 2 heterocycles. The third kappa shape index (κ3) is 4.16. The lowest BCUT2D eigenvalue weighted by Crippen LogP contribution is -2.57. The molecule has 0 radical (unpaired) electrons. The maximum absolute atomic E-state index is 14.0. The average molecular weight is 478 g/mol. The smallest absolute Gasteiger partial charge is 0.327 e. The fourth-order valence-corrected chi connectivity index (χ4v) is 6.02. The highest BCUT2D eigenvalue weighted by atomic mass is 16.5. The third-order valence-corrected chi connectivity index (χ3v) is 7.88. The number of aromatic hydroxyl groups is 1. The minimum Gasteiger partial charge on any atom is -0.508 e. The zero-order chi connectivity index (χ0) is 24.7. The Bertz CT molecular complexity index is 1100. The predicted molar refractivity (Wildman–Crippen MR) is 133 cm³/mol. The first kappa shape index (κ1) is 23.7. The Labute approximate surface area is 207 Å². The number of likely N-dealkylation sites (tertiary alicyclic amines) is 1. The third-order valence-electron chi connectivity index (χ3n) is 7.88. The highest BCUT2D eigenvalue weighted by Crippen LogP contribution is 2.41. The SMILES string of the molecule is COc1ccc(O)c(CN2CCC3(CC2)C(=O)N(C2Cc4ccccc4C2)C(=O)N3CC(C)C)c1. The van der Waals surface area contributed by atoms with Gasteiger partial charge in [-0.15, -0.1) is 0 Å². The van der Waals surface area contributed by atoms with E-state index < -0.39 is 5.54 Å². The molecule has 3 amide bonds. The second-order valence-electron chi connectivity index (χ2n) is 10.6. The number of fused-ring (bicyclic) bond motifs is 1. The van der Waals surface area contributed by atoms with Gasteiger partial charge < -0.3 is 14.7 Å². The molecule has 2 aromatic carbocycles. The topological polar surface area (TPSA) is 73.3 Å². The van der Waals surface area contributed by atoms with Crippen molar-refractivity contribution in [3.05, 3.63) is 59.2 Å². The first-order chi connectivity index (χ1) is 16.8. The van der Waals surface area contributed by atoms with Crippen LogP contribution in [0.2, 0.25) is 0 Å². The van der Waals surface area contributed by atoms with Crippen molar-refractivity contribution in [1.82, 2.24) is 14.7 Å². The fraction of sp³-hybridized carbons (Fsp3) is 0.500. The summed E-state index contributed by atoms with van der Waals surface area (Å²) in [4.78, 5) is 33.5. The Morgan fingerprint density at radius 1 is 1.06 bits per heavy atom. The van der Waals surface area contributed by atoms with Gasteiger partial charge in [0.15, 0.2) is 0 Å². The summed E-state index contributed by atoms with van der Waals surface area (Å²) in [5, 5.41) is 10.3. The summed E-state index contributed by atoms with van der Waals surface area (Å²) >= 11 is 0. The van der Waals surface area contributed by atoms with Crippen molar-refractivity contribution < 1.29 is 19.4 Å². The number of piperidine rings is 1. The highest BCUT2D eigenvalue weighted by Gasteiger charge is 2.59. The van der Waals surface area contributed by atoms with Crippen LogP contribution in [0, 0.1) is 5.92 Å². The fourth-order valence-electron chi connectivity index (χ4n) is 6.02. The first-order valence-corrected chi connectivity index (χ1v) is 12.6. The van der Waals surface area contributed by atoms with E-state index in [9.17, 15) is 14.7 Å². The van der Waals surface area contributed by atoms with Crippen LogP contribution in [0.15, 0.2) is 42.5 Å². The lowest BCUT2D eigenvalue weighted by atomic mass is 9.85.